The van der Waals surface area contributed by atoms with Gasteiger partial charge in [0.05, 0.1) is 0 Å². The second-order valence-corrected chi connectivity index (χ2v) is 0. The monoisotopic (exact) mass is 629 g/mol. The molecule has 0 spiro atoms. The van der Waals surface area contributed by atoms with Gasteiger partial charge in [-0.1, -0.05) is 0 Å². The van der Waals surface area contributed by atoms with Crippen LogP contribution in [0.2, 0.25) is 0 Å². The Morgan fingerprint density at radius 3 is 0.500 bits per heavy atom. The van der Waals surface area contributed by atoms with Gasteiger partial charge in [-0.05, 0) is 0 Å². The van der Waals surface area contributed by atoms with Crippen LogP contribution in [0.4, 0.5) is 0 Å². The molecule has 8 heteroatoms. The quantitative estimate of drug-likeness (QED) is 0.285. The van der Waals surface area contributed by atoms with Crippen LogP contribution < -0.4 is 0 Å². The molecule has 0 fully saturated rings. The van der Waals surface area contributed by atoms with Gasteiger partial charge < -0.3 is 11.0 Å². The molecule has 0 aliphatic carbocycles. The summed E-state index contributed by atoms with van der Waals surface area (Å²) in [6, 6.07) is 0. The van der Waals surface area contributed by atoms with Crippen LogP contribution in [0.25, 0.3) is 0 Å². The molecular formula is In2O2Sn2Zn2+14. The maximum Gasteiger partial charge on any atom is 4.00 e. The summed E-state index contributed by atoms with van der Waals surface area (Å²) in [6.45, 7) is 0. The molecule has 16 valence electrons. The van der Waals surface area contributed by atoms with Crippen molar-refractivity contribution in [3.63, 3.8) is 0 Å². The molecule has 0 radical (unpaired) electrons. The minimum absolute atomic E-state index is 0. The van der Waals surface area contributed by atoms with Crippen LogP contribution >= 0.6 is 0 Å². The summed E-state index contributed by atoms with van der Waals surface area (Å²) < 4.78 is 0. The standard InChI is InChI=1S/2In.2O.2Sn.2Zn/q2*+3;2*-2;2*+4;2*+2. The second kappa shape index (κ2) is 62.6. The van der Waals surface area contributed by atoms with Crippen molar-refractivity contribution in [3.05, 3.63) is 0 Å². The Labute approximate surface area is 146 Å². The molecule has 0 saturated heterocycles. The molecule has 0 amide bonds. The van der Waals surface area contributed by atoms with E-state index in [1.807, 2.05) is 0 Å². The van der Waals surface area contributed by atoms with E-state index in [4.69, 9.17) is 0 Å². The predicted octanol–water partition coefficient (Wildman–Crippen LogP) is -1.77. The molecule has 0 aliphatic heterocycles. The van der Waals surface area contributed by atoms with Gasteiger partial charge in [0.2, 0.25) is 0 Å². The molecule has 0 aromatic rings. The van der Waals surface area contributed by atoms with Crippen LogP contribution in [-0.4, -0.2) is 99.5 Å². The Morgan fingerprint density at radius 1 is 0.500 bits per heavy atom. The van der Waals surface area contributed by atoms with Crippen LogP contribution in [-0.2, 0) is 49.9 Å². The zero-order chi connectivity index (χ0) is 0. The van der Waals surface area contributed by atoms with Gasteiger partial charge in [-0.15, -0.1) is 0 Å². The zero-order valence-corrected chi connectivity index (χ0v) is 22.6. The van der Waals surface area contributed by atoms with Crippen LogP contribution in [0.15, 0.2) is 0 Å². The van der Waals surface area contributed by atoms with E-state index >= 15 is 0 Å². The molecule has 0 aliphatic rings. The Kier molecular flexibility index (Phi) is 638. The third-order valence-corrected chi connectivity index (χ3v) is 0. The maximum absolute atomic E-state index is 0. The zero-order valence-electron chi connectivity index (χ0n) is 4.39. The van der Waals surface area contributed by atoms with E-state index in [0.29, 0.717) is 0 Å². The molecule has 0 atom stereocenters. The fourth-order valence-electron chi connectivity index (χ4n) is 0. The van der Waals surface area contributed by atoms with Gasteiger partial charge in [0.25, 0.3) is 0 Å². The largest absolute Gasteiger partial charge is 4.00 e. The summed E-state index contributed by atoms with van der Waals surface area (Å²) >= 11 is 0. The van der Waals surface area contributed by atoms with E-state index in [9.17, 15) is 0 Å². The van der Waals surface area contributed by atoms with E-state index in [1.54, 1.807) is 0 Å². The normalized spacial score (nSPS) is 0. The van der Waals surface area contributed by atoms with Crippen molar-refractivity contribution in [1.82, 2.24) is 0 Å². The molecule has 0 rings (SSSR count). The first-order valence-corrected chi connectivity index (χ1v) is 0. The molecule has 0 aromatic heterocycles. The average Bonchev–Trinajstić information content (AvgIpc) is 0. The van der Waals surface area contributed by atoms with Gasteiger partial charge in [0, 0.05) is 0 Å². The summed E-state index contributed by atoms with van der Waals surface area (Å²) in [4.78, 5) is 0. The Morgan fingerprint density at radius 2 is 0.500 bits per heavy atom. The van der Waals surface area contributed by atoms with Gasteiger partial charge in [0.15, 0.2) is 0 Å². The summed E-state index contributed by atoms with van der Waals surface area (Å²) in [7, 11) is 0. The van der Waals surface area contributed by atoms with Gasteiger partial charge >= 0.3 is 138 Å². The summed E-state index contributed by atoms with van der Waals surface area (Å²) in [6.07, 6.45) is 0. The molecule has 0 heterocycles. The Hall–Kier alpha value is 4.50. The van der Waals surface area contributed by atoms with Crippen molar-refractivity contribution < 1.29 is 49.9 Å². The number of hydrogen-bond acceptors (Lipinski definition) is 0. The third-order valence-electron chi connectivity index (χ3n) is 0. The predicted molar refractivity (Wildman–Crippen MR) is 24.4 cm³/mol. The summed E-state index contributed by atoms with van der Waals surface area (Å²) in [5.41, 5.74) is 0. The molecule has 0 bridgehead atoms. The topological polar surface area (TPSA) is 57.0 Å². The van der Waals surface area contributed by atoms with E-state index in [2.05, 4.69) is 0 Å². The summed E-state index contributed by atoms with van der Waals surface area (Å²) in [5.74, 6) is 0. The van der Waals surface area contributed by atoms with Gasteiger partial charge in [-0.3, -0.25) is 0 Å². The summed E-state index contributed by atoms with van der Waals surface area (Å²) in [5, 5.41) is 0. The molecule has 0 N–H and O–H groups in total. The number of hydrogen-bond donors (Lipinski definition) is 0. The maximum atomic E-state index is 0. The molecule has 0 aromatic carbocycles. The molecule has 8 heavy (non-hydrogen) atoms. The van der Waals surface area contributed by atoms with Crippen molar-refractivity contribution in [1.29, 1.82) is 0 Å². The minimum atomic E-state index is 0. The Balaban J connectivity index is 0. The first-order valence-electron chi connectivity index (χ1n) is 0. The minimum Gasteiger partial charge on any atom is -2.00 e. The number of rotatable bonds is 0. The SMILES string of the molecule is [In+3].[In+3].[O-2].[O-2].[Sn+4].[Sn+4].[Zn+2].[Zn+2]. The van der Waals surface area contributed by atoms with Crippen molar-refractivity contribution in [3.8, 4) is 0 Å². The molecule has 0 saturated carbocycles. The van der Waals surface area contributed by atoms with E-state index in [1.165, 1.54) is 0 Å². The van der Waals surface area contributed by atoms with Crippen LogP contribution in [0.1, 0.15) is 0 Å². The van der Waals surface area contributed by atoms with Gasteiger partial charge in [-0.25, -0.2) is 0 Å². The van der Waals surface area contributed by atoms with Gasteiger partial charge in [0.1, 0.15) is 0 Å². The molecular weight excluding hydrogens is 630 g/mol. The van der Waals surface area contributed by atoms with Gasteiger partial charge in [-0.2, -0.15) is 0 Å². The average molecular weight is 630 g/mol. The molecule has 0 unspecified atom stereocenters. The molecule has 2 nitrogen and oxygen atoms in total. The second-order valence-electron chi connectivity index (χ2n) is 0. The van der Waals surface area contributed by atoms with E-state index in [-0.39, 0.29) is 149 Å². The first kappa shape index (κ1) is 81.6. The van der Waals surface area contributed by atoms with Crippen molar-refractivity contribution in [2.75, 3.05) is 0 Å². The van der Waals surface area contributed by atoms with Crippen LogP contribution in [0.5, 0.6) is 0 Å². The fourth-order valence-corrected chi connectivity index (χ4v) is 0. The van der Waals surface area contributed by atoms with Crippen molar-refractivity contribution in [2.45, 2.75) is 0 Å². The van der Waals surface area contributed by atoms with Crippen LogP contribution in [0.3, 0.4) is 0 Å². The van der Waals surface area contributed by atoms with Crippen molar-refractivity contribution >= 4 is 99.5 Å². The first-order chi connectivity index (χ1) is 0. The Bertz CT molecular complexity index is 16.0. The van der Waals surface area contributed by atoms with Crippen LogP contribution in [0, 0.1) is 0 Å². The fraction of sp³-hybridized carbons (Fsp3) is 0. The third kappa shape index (κ3) is 46.8. The van der Waals surface area contributed by atoms with E-state index in [0.717, 1.165) is 0 Å². The van der Waals surface area contributed by atoms with Crippen molar-refractivity contribution in [2.24, 2.45) is 0 Å². The smallest absolute Gasteiger partial charge is 2.00 e. The van der Waals surface area contributed by atoms with E-state index < -0.39 is 0 Å².